The van der Waals surface area contributed by atoms with Crippen LogP contribution in [0.4, 0.5) is 5.00 Å². The highest BCUT2D eigenvalue weighted by Gasteiger charge is 2.29. The fraction of sp³-hybridized carbons (Fsp3) is 0.318. The number of hydrogen-bond acceptors (Lipinski definition) is 6. The van der Waals surface area contributed by atoms with Crippen molar-refractivity contribution in [3.8, 4) is 0 Å². The standard InChI is InChI=1S/C22H23Cl2NO5S/c1-6-29-20(27)17-12(2)18(21(28)30-22(3,4)5)31-19(17)25-16(26)11-10-13-14(23)8-7-9-15(13)24/h7-11H,6H2,1-5H3,(H,25,26). The van der Waals surface area contributed by atoms with E-state index in [1.807, 2.05) is 0 Å². The number of benzene rings is 1. The van der Waals surface area contributed by atoms with Crippen molar-refractivity contribution in [1.82, 2.24) is 0 Å². The molecule has 2 rings (SSSR count). The smallest absolute Gasteiger partial charge is 0.349 e. The van der Waals surface area contributed by atoms with E-state index in [0.717, 1.165) is 11.3 Å². The largest absolute Gasteiger partial charge is 0.462 e. The molecule has 6 nitrogen and oxygen atoms in total. The van der Waals surface area contributed by atoms with E-state index in [1.54, 1.807) is 52.8 Å². The molecule has 0 saturated heterocycles. The Balaban J connectivity index is 2.36. The Labute approximate surface area is 195 Å². The van der Waals surface area contributed by atoms with E-state index in [1.165, 1.54) is 12.2 Å². The van der Waals surface area contributed by atoms with Crippen LogP contribution in [0, 0.1) is 6.92 Å². The Hall–Kier alpha value is -2.35. The summed E-state index contributed by atoms with van der Waals surface area (Å²) in [6.45, 7) is 8.65. The molecule has 0 saturated carbocycles. The molecular weight excluding hydrogens is 461 g/mol. The van der Waals surface area contributed by atoms with E-state index in [2.05, 4.69) is 5.32 Å². The van der Waals surface area contributed by atoms with E-state index < -0.39 is 23.4 Å². The Morgan fingerprint density at radius 2 is 1.74 bits per heavy atom. The third kappa shape index (κ3) is 6.56. The first-order valence-electron chi connectivity index (χ1n) is 9.41. The molecule has 2 aromatic rings. The highest BCUT2D eigenvalue weighted by Crippen LogP contribution is 2.35. The van der Waals surface area contributed by atoms with Gasteiger partial charge in [-0.15, -0.1) is 11.3 Å². The van der Waals surface area contributed by atoms with Gasteiger partial charge in [-0.2, -0.15) is 0 Å². The second kappa shape index (κ2) is 10.3. The van der Waals surface area contributed by atoms with E-state index in [4.69, 9.17) is 32.7 Å². The van der Waals surface area contributed by atoms with Crippen molar-refractivity contribution in [2.75, 3.05) is 11.9 Å². The summed E-state index contributed by atoms with van der Waals surface area (Å²) in [6, 6.07) is 5.00. The summed E-state index contributed by atoms with van der Waals surface area (Å²) in [6.07, 6.45) is 2.71. The van der Waals surface area contributed by atoms with Gasteiger partial charge in [0.2, 0.25) is 5.91 Å². The number of hydrogen-bond donors (Lipinski definition) is 1. The van der Waals surface area contributed by atoms with E-state index >= 15 is 0 Å². The molecule has 0 radical (unpaired) electrons. The maximum Gasteiger partial charge on any atom is 0.349 e. The van der Waals surface area contributed by atoms with Gasteiger partial charge in [0.1, 0.15) is 15.5 Å². The van der Waals surface area contributed by atoms with Crippen molar-refractivity contribution in [2.45, 2.75) is 40.2 Å². The van der Waals surface area contributed by atoms with Gasteiger partial charge in [0.15, 0.2) is 0 Å². The van der Waals surface area contributed by atoms with Crippen LogP contribution in [0.1, 0.15) is 58.9 Å². The first kappa shape index (κ1) is 24.9. The summed E-state index contributed by atoms with van der Waals surface area (Å²) >= 11 is 13.2. The van der Waals surface area contributed by atoms with Crippen LogP contribution < -0.4 is 5.32 Å². The molecule has 0 aliphatic rings. The molecule has 0 aliphatic heterocycles. The number of anilines is 1. The highest BCUT2D eigenvalue weighted by atomic mass is 35.5. The highest BCUT2D eigenvalue weighted by molar-refractivity contribution is 7.18. The minimum Gasteiger partial charge on any atom is -0.462 e. The third-order valence-corrected chi connectivity index (χ3v) is 5.69. The van der Waals surface area contributed by atoms with Crippen LogP contribution in [0.15, 0.2) is 24.3 Å². The van der Waals surface area contributed by atoms with Crippen molar-refractivity contribution >= 4 is 63.5 Å². The predicted molar refractivity (Wildman–Crippen MR) is 124 cm³/mol. The van der Waals surface area contributed by atoms with Crippen molar-refractivity contribution in [1.29, 1.82) is 0 Å². The molecule has 1 aromatic carbocycles. The Kier molecular flexibility index (Phi) is 8.28. The van der Waals surface area contributed by atoms with E-state index in [-0.39, 0.29) is 22.0 Å². The van der Waals surface area contributed by atoms with E-state index in [9.17, 15) is 14.4 Å². The molecule has 1 N–H and O–H groups in total. The SMILES string of the molecule is CCOC(=O)c1c(NC(=O)C=Cc2c(Cl)cccc2Cl)sc(C(=O)OC(C)(C)C)c1C. The molecule has 166 valence electrons. The molecule has 9 heteroatoms. The zero-order valence-electron chi connectivity index (χ0n) is 17.8. The van der Waals surface area contributed by atoms with E-state index in [0.29, 0.717) is 21.2 Å². The second-order valence-electron chi connectivity index (χ2n) is 7.44. The summed E-state index contributed by atoms with van der Waals surface area (Å²) in [7, 11) is 0. The van der Waals surface area contributed by atoms with Gasteiger partial charge in [-0.3, -0.25) is 4.79 Å². The number of thiophene rings is 1. The lowest BCUT2D eigenvalue weighted by molar-refractivity contribution is -0.111. The summed E-state index contributed by atoms with van der Waals surface area (Å²) in [5.41, 5.74) is 0.276. The van der Waals surface area contributed by atoms with Gasteiger partial charge >= 0.3 is 11.9 Å². The van der Waals surface area contributed by atoms with Crippen molar-refractivity contribution < 1.29 is 23.9 Å². The average molecular weight is 484 g/mol. The van der Waals surface area contributed by atoms with Crippen LogP contribution in [0.3, 0.4) is 0 Å². The summed E-state index contributed by atoms with van der Waals surface area (Å²) in [5.74, 6) is -1.75. The number of carbonyl (C=O) groups is 3. The second-order valence-corrected chi connectivity index (χ2v) is 9.28. The normalized spacial score (nSPS) is 11.5. The summed E-state index contributed by atoms with van der Waals surface area (Å²) < 4.78 is 10.5. The van der Waals surface area contributed by atoms with Gasteiger partial charge in [0, 0.05) is 21.7 Å². The quantitative estimate of drug-likeness (QED) is 0.393. The van der Waals surface area contributed by atoms with Gasteiger partial charge in [0.05, 0.1) is 12.2 Å². The monoisotopic (exact) mass is 483 g/mol. The number of esters is 2. The zero-order chi connectivity index (χ0) is 23.3. The first-order valence-corrected chi connectivity index (χ1v) is 11.0. The minimum absolute atomic E-state index is 0.116. The zero-order valence-corrected chi connectivity index (χ0v) is 20.1. The van der Waals surface area contributed by atoms with Gasteiger partial charge < -0.3 is 14.8 Å². The number of amides is 1. The molecule has 1 amide bonds. The molecule has 31 heavy (non-hydrogen) atoms. The van der Waals surface area contributed by atoms with Crippen LogP contribution in [-0.2, 0) is 14.3 Å². The molecule has 0 atom stereocenters. The summed E-state index contributed by atoms with van der Waals surface area (Å²) in [5, 5.41) is 3.61. The molecule has 0 fully saturated rings. The molecule has 0 unspecified atom stereocenters. The Bertz CT molecular complexity index is 1020. The minimum atomic E-state index is -0.710. The van der Waals surface area contributed by atoms with Crippen LogP contribution in [0.25, 0.3) is 6.08 Å². The lowest BCUT2D eigenvalue weighted by Gasteiger charge is -2.19. The van der Waals surface area contributed by atoms with Crippen LogP contribution >= 0.6 is 34.5 Å². The molecule has 0 aliphatic carbocycles. The summed E-state index contributed by atoms with van der Waals surface area (Å²) in [4.78, 5) is 37.8. The maximum atomic E-state index is 12.6. The molecule has 1 aromatic heterocycles. The van der Waals surface area contributed by atoms with Gasteiger partial charge in [-0.25, -0.2) is 9.59 Å². The van der Waals surface area contributed by atoms with Crippen LogP contribution in [0.5, 0.6) is 0 Å². The molecule has 1 heterocycles. The predicted octanol–water partition coefficient (Wildman–Crippen LogP) is 6.15. The fourth-order valence-corrected chi connectivity index (χ4v) is 4.15. The number of halogens is 2. The number of carbonyl (C=O) groups excluding carboxylic acids is 3. The maximum absolute atomic E-state index is 12.6. The first-order chi connectivity index (χ1) is 14.4. The lowest BCUT2D eigenvalue weighted by atomic mass is 10.1. The Morgan fingerprint density at radius 1 is 1.13 bits per heavy atom. The fourth-order valence-electron chi connectivity index (χ4n) is 2.55. The molecule has 0 bridgehead atoms. The van der Waals surface area contributed by atoms with Gasteiger partial charge in [0.25, 0.3) is 0 Å². The van der Waals surface area contributed by atoms with Crippen molar-refractivity contribution in [2.24, 2.45) is 0 Å². The van der Waals surface area contributed by atoms with Gasteiger partial charge in [-0.1, -0.05) is 29.3 Å². The third-order valence-electron chi connectivity index (χ3n) is 3.85. The molecular formula is C22H23Cl2NO5S. The number of ether oxygens (including phenoxy) is 2. The lowest BCUT2D eigenvalue weighted by Crippen LogP contribution is -2.23. The molecule has 0 spiro atoms. The van der Waals surface area contributed by atoms with Crippen LogP contribution in [-0.4, -0.2) is 30.1 Å². The van der Waals surface area contributed by atoms with Gasteiger partial charge in [-0.05, 0) is 58.4 Å². The topological polar surface area (TPSA) is 81.7 Å². The average Bonchev–Trinajstić information content (AvgIpc) is 2.96. The van der Waals surface area contributed by atoms with Crippen LogP contribution in [0.2, 0.25) is 10.0 Å². The number of rotatable bonds is 6. The number of nitrogens with one attached hydrogen (secondary N) is 1. The van der Waals surface area contributed by atoms with Crippen molar-refractivity contribution in [3.63, 3.8) is 0 Å². The Morgan fingerprint density at radius 3 is 2.29 bits per heavy atom. The van der Waals surface area contributed by atoms with Crippen molar-refractivity contribution in [3.05, 3.63) is 55.9 Å².